The maximum absolute atomic E-state index is 5.41. The highest BCUT2D eigenvalue weighted by Gasteiger charge is 2.16. The molecule has 1 saturated heterocycles. The first-order valence-corrected chi connectivity index (χ1v) is 9.19. The van der Waals surface area contributed by atoms with Gasteiger partial charge in [-0.2, -0.15) is 0 Å². The maximum atomic E-state index is 5.41. The van der Waals surface area contributed by atoms with Gasteiger partial charge in [0.05, 0.1) is 26.9 Å². The Hall–Kier alpha value is -1.06. The molecule has 26 heavy (non-hydrogen) atoms. The molecular formula is C19H33IN4O2. The van der Waals surface area contributed by atoms with Gasteiger partial charge in [-0.1, -0.05) is 12.1 Å². The van der Waals surface area contributed by atoms with Gasteiger partial charge in [0, 0.05) is 32.2 Å². The number of rotatable bonds is 8. The van der Waals surface area contributed by atoms with Crippen molar-refractivity contribution in [3.63, 3.8) is 0 Å². The highest BCUT2D eigenvalue weighted by atomic mass is 127. The van der Waals surface area contributed by atoms with Crippen LogP contribution in [0.4, 0.5) is 0 Å². The summed E-state index contributed by atoms with van der Waals surface area (Å²) in [5.74, 6) is 1.78. The summed E-state index contributed by atoms with van der Waals surface area (Å²) in [7, 11) is 1.69. The Morgan fingerprint density at radius 2 is 1.92 bits per heavy atom. The van der Waals surface area contributed by atoms with Gasteiger partial charge in [-0.15, -0.1) is 24.0 Å². The molecule has 1 aliphatic heterocycles. The fourth-order valence-corrected chi connectivity index (χ4v) is 2.82. The fraction of sp³-hybridized carbons (Fsp3) is 0.632. The summed E-state index contributed by atoms with van der Waals surface area (Å²) in [6, 6.07) is 8.63. The van der Waals surface area contributed by atoms with Crippen LogP contribution in [0.5, 0.6) is 5.75 Å². The molecule has 1 aromatic carbocycles. The first-order valence-electron chi connectivity index (χ1n) is 9.19. The lowest BCUT2D eigenvalue weighted by Crippen LogP contribution is -2.44. The Bertz CT molecular complexity index is 519. The number of hydrogen-bond donors (Lipinski definition) is 2. The zero-order chi connectivity index (χ0) is 17.9. The number of ether oxygens (including phenoxy) is 2. The molecule has 0 amide bonds. The van der Waals surface area contributed by atoms with Gasteiger partial charge in [-0.25, -0.2) is 0 Å². The molecule has 0 saturated carbocycles. The maximum Gasteiger partial charge on any atom is 0.191 e. The van der Waals surface area contributed by atoms with E-state index in [0.717, 1.165) is 64.1 Å². The number of nitrogens with zero attached hydrogens (tertiary/aromatic N) is 2. The molecule has 0 spiro atoms. The molecular weight excluding hydrogens is 443 g/mol. The Morgan fingerprint density at radius 3 is 2.54 bits per heavy atom. The monoisotopic (exact) mass is 476 g/mol. The molecule has 0 bridgehead atoms. The third-order valence-electron chi connectivity index (χ3n) is 4.39. The van der Waals surface area contributed by atoms with Gasteiger partial charge < -0.3 is 20.1 Å². The molecule has 0 radical (unpaired) electrons. The van der Waals surface area contributed by atoms with Crippen molar-refractivity contribution in [1.29, 1.82) is 0 Å². The number of benzene rings is 1. The van der Waals surface area contributed by atoms with Crippen LogP contribution in [-0.4, -0.2) is 69.9 Å². The van der Waals surface area contributed by atoms with Crippen LogP contribution < -0.4 is 15.4 Å². The number of guanidine groups is 1. The van der Waals surface area contributed by atoms with Gasteiger partial charge >= 0.3 is 0 Å². The van der Waals surface area contributed by atoms with Crippen LogP contribution in [0.2, 0.25) is 0 Å². The van der Waals surface area contributed by atoms with Gasteiger partial charge in [0.15, 0.2) is 5.96 Å². The second-order valence-corrected chi connectivity index (χ2v) is 6.24. The molecule has 6 nitrogen and oxygen atoms in total. The summed E-state index contributed by atoms with van der Waals surface area (Å²) in [6.45, 7) is 10.5. The van der Waals surface area contributed by atoms with E-state index in [2.05, 4.69) is 41.5 Å². The van der Waals surface area contributed by atoms with E-state index in [1.165, 1.54) is 5.56 Å². The lowest BCUT2D eigenvalue weighted by molar-refractivity contribution is 0.0220. The van der Waals surface area contributed by atoms with Crippen LogP contribution in [0.15, 0.2) is 29.3 Å². The Labute approximate surface area is 174 Å². The van der Waals surface area contributed by atoms with Crippen LogP contribution in [0.1, 0.15) is 19.4 Å². The molecule has 2 rings (SSSR count). The summed E-state index contributed by atoms with van der Waals surface area (Å²) in [4.78, 5) is 7.18. The Morgan fingerprint density at radius 1 is 1.23 bits per heavy atom. The quantitative estimate of drug-likeness (QED) is 0.342. The Kier molecular flexibility index (Phi) is 11.6. The molecule has 1 heterocycles. The van der Waals surface area contributed by atoms with E-state index in [1.807, 2.05) is 12.1 Å². The van der Waals surface area contributed by atoms with Crippen molar-refractivity contribution in [3.8, 4) is 5.75 Å². The standard InChI is InChI=1S/C19H32N4O2.HI/c1-4-20-19(22-15-16(2)23-11-13-25-14-12-23)21-10-9-17-5-7-18(24-3)8-6-17;/h5-8,16H,4,9-15H2,1-3H3,(H2,20,21,22);1H. The summed E-state index contributed by atoms with van der Waals surface area (Å²) >= 11 is 0. The normalized spacial score (nSPS) is 16.5. The van der Waals surface area contributed by atoms with E-state index >= 15 is 0 Å². The molecule has 2 N–H and O–H groups in total. The van der Waals surface area contributed by atoms with Crippen molar-refractivity contribution in [2.75, 3.05) is 53.0 Å². The fourth-order valence-electron chi connectivity index (χ4n) is 2.82. The smallest absolute Gasteiger partial charge is 0.191 e. The second kappa shape index (κ2) is 13.2. The molecule has 1 fully saturated rings. The van der Waals surface area contributed by atoms with Crippen molar-refractivity contribution in [3.05, 3.63) is 29.8 Å². The summed E-state index contributed by atoms with van der Waals surface area (Å²) < 4.78 is 10.6. The van der Waals surface area contributed by atoms with Gasteiger partial charge in [-0.05, 0) is 38.0 Å². The van der Waals surface area contributed by atoms with E-state index < -0.39 is 0 Å². The largest absolute Gasteiger partial charge is 0.497 e. The molecule has 148 valence electrons. The van der Waals surface area contributed by atoms with Gasteiger partial charge in [0.1, 0.15) is 5.75 Å². The average molecular weight is 476 g/mol. The average Bonchev–Trinajstić information content (AvgIpc) is 2.67. The van der Waals surface area contributed by atoms with E-state index in [9.17, 15) is 0 Å². The topological polar surface area (TPSA) is 58.1 Å². The summed E-state index contributed by atoms with van der Waals surface area (Å²) in [6.07, 6.45) is 0.952. The molecule has 1 atom stereocenters. The Balaban J connectivity index is 0.00000338. The van der Waals surface area contributed by atoms with Crippen LogP contribution in [0.25, 0.3) is 0 Å². The SMILES string of the molecule is CCNC(=NCC(C)N1CCOCC1)NCCc1ccc(OC)cc1.I. The predicted octanol–water partition coefficient (Wildman–Crippen LogP) is 2.13. The van der Waals surface area contributed by atoms with Crippen LogP contribution >= 0.6 is 24.0 Å². The minimum atomic E-state index is 0. The number of nitrogens with one attached hydrogen (secondary N) is 2. The van der Waals surface area contributed by atoms with Crippen LogP contribution in [0, 0.1) is 0 Å². The highest BCUT2D eigenvalue weighted by Crippen LogP contribution is 2.11. The number of aliphatic imine (C=N–C) groups is 1. The zero-order valence-electron chi connectivity index (χ0n) is 16.2. The predicted molar refractivity (Wildman–Crippen MR) is 118 cm³/mol. The highest BCUT2D eigenvalue weighted by molar-refractivity contribution is 14.0. The third-order valence-corrected chi connectivity index (χ3v) is 4.39. The minimum Gasteiger partial charge on any atom is -0.497 e. The van der Waals surface area contributed by atoms with Crippen molar-refractivity contribution >= 4 is 29.9 Å². The number of morpholine rings is 1. The van der Waals surface area contributed by atoms with Crippen molar-refractivity contribution in [1.82, 2.24) is 15.5 Å². The first-order chi connectivity index (χ1) is 12.2. The minimum absolute atomic E-state index is 0. The van der Waals surface area contributed by atoms with E-state index in [0.29, 0.717) is 6.04 Å². The second-order valence-electron chi connectivity index (χ2n) is 6.24. The van der Waals surface area contributed by atoms with Crippen LogP contribution in [0.3, 0.4) is 0 Å². The third kappa shape index (κ3) is 8.09. The van der Waals surface area contributed by atoms with E-state index in [4.69, 9.17) is 14.5 Å². The molecule has 1 unspecified atom stereocenters. The lowest BCUT2D eigenvalue weighted by atomic mass is 10.1. The molecule has 1 aromatic rings. The van der Waals surface area contributed by atoms with E-state index in [1.54, 1.807) is 7.11 Å². The summed E-state index contributed by atoms with van der Waals surface area (Å²) in [5, 5.41) is 6.74. The molecule has 7 heteroatoms. The number of halogens is 1. The van der Waals surface area contributed by atoms with Crippen molar-refractivity contribution < 1.29 is 9.47 Å². The van der Waals surface area contributed by atoms with Gasteiger partial charge in [-0.3, -0.25) is 9.89 Å². The number of methoxy groups -OCH3 is 1. The van der Waals surface area contributed by atoms with Crippen molar-refractivity contribution in [2.24, 2.45) is 4.99 Å². The molecule has 0 aliphatic carbocycles. The van der Waals surface area contributed by atoms with Crippen LogP contribution in [-0.2, 0) is 11.2 Å². The van der Waals surface area contributed by atoms with Gasteiger partial charge in [0.2, 0.25) is 0 Å². The zero-order valence-corrected chi connectivity index (χ0v) is 18.5. The lowest BCUT2D eigenvalue weighted by Gasteiger charge is -2.31. The van der Waals surface area contributed by atoms with Crippen molar-refractivity contribution in [2.45, 2.75) is 26.3 Å². The molecule has 1 aliphatic rings. The molecule has 0 aromatic heterocycles. The van der Waals surface area contributed by atoms with Gasteiger partial charge in [0.25, 0.3) is 0 Å². The van der Waals surface area contributed by atoms with E-state index in [-0.39, 0.29) is 24.0 Å². The summed E-state index contributed by atoms with van der Waals surface area (Å²) in [5.41, 5.74) is 1.28. The first kappa shape index (κ1) is 23.0. The number of hydrogen-bond acceptors (Lipinski definition) is 4.